The fourth-order valence-electron chi connectivity index (χ4n) is 2.20. The molecule has 0 aliphatic heterocycles. The number of amides is 1. The van der Waals surface area contributed by atoms with Crippen LogP contribution in [-0.2, 0) is 16.0 Å². The van der Waals surface area contributed by atoms with Gasteiger partial charge in [0.15, 0.2) is 11.6 Å². The number of aliphatic hydroxyl groups is 1. The summed E-state index contributed by atoms with van der Waals surface area (Å²) in [5.74, 6) is -0.341. The number of fused-ring (bicyclic) bond motifs is 1. The normalized spacial score (nSPS) is 11.0. The van der Waals surface area contributed by atoms with E-state index in [1.807, 2.05) is 11.4 Å². The van der Waals surface area contributed by atoms with Crippen LogP contribution in [-0.4, -0.2) is 56.4 Å². The Hall–Kier alpha value is -1.70. The standard InChI is InChI=1S/C16H20FNO4S/c1-18(5-6-19)13(20)10-22-7-3-11-9-12-4-8-23-16(12)15(21-2)14(11)17/h4,8-9,19H,3,5-7,10H2,1-2H3. The van der Waals surface area contributed by atoms with Gasteiger partial charge in [0.2, 0.25) is 5.91 Å². The summed E-state index contributed by atoms with van der Waals surface area (Å²) in [5.41, 5.74) is 0.504. The van der Waals surface area contributed by atoms with Crippen molar-refractivity contribution < 1.29 is 23.8 Å². The summed E-state index contributed by atoms with van der Waals surface area (Å²) in [7, 11) is 3.05. The molecule has 1 N–H and O–H groups in total. The molecule has 1 amide bonds. The zero-order chi connectivity index (χ0) is 16.8. The van der Waals surface area contributed by atoms with Crippen LogP contribution in [0.2, 0.25) is 0 Å². The number of aliphatic hydroxyl groups excluding tert-OH is 1. The van der Waals surface area contributed by atoms with E-state index in [0.717, 1.165) is 10.1 Å². The van der Waals surface area contributed by atoms with Gasteiger partial charge >= 0.3 is 0 Å². The first-order valence-electron chi connectivity index (χ1n) is 7.23. The molecule has 5 nitrogen and oxygen atoms in total. The number of halogens is 1. The Kier molecular flexibility index (Phi) is 6.32. The van der Waals surface area contributed by atoms with E-state index in [9.17, 15) is 9.18 Å². The van der Waals surface area contributed by atoms with Crippen LogP contribution in [0.15, 0.2) is 17.5 Å². The SMILES string of the molecule is COc1c(F)c(CCOCC(=O)N(C)CCO)cc2ccsc12. The molecule has 0 aliphatic rings. The third-order valence-corrected chi connectivity index (χ3v) is 4.45. The van der Waals surface area contributed by atoms with Crippen LogP contribution in [0.4, 0.5) is 4.39 Å². The largest absolute Gasteiger partial charge is 0.492 e. The van der Waals surface area contributed by atoms with E-state index in [2.05, 4.69) is 0 Å². The molecule has 0 saturated carbocycles. The zero-order valence-corrected chi connectivity index (χ0v) is 14.0. The second kappa shape index (κ2) is 8.24. The molecular weight excluding hydrogens is 321 g/mol. The van der Waals surface area contributed by atoms with E-state index in [4.69, 9.17) is 14.6 Å². The molecule has 7 heteroatoms. The van der Waals surface area contributed by atoms with E-state index in [1.54, 1.807) is 13.1 Å². The molecule has 2 aromatic rings. The number of hydrogen-bond donors (Lipinski definition) is 1. The number of benzene rings is 1. The lowest BCUT2D eigenvalue weighted by Crippen LogP contribution is -2.32. The number of thiophene rings is 1. The van der Waals surface area contributed by atoms with Crippen LogP contribution in [0.5, 0.6) is 5.75 Å². The third-order valence-electron chi connectivity index (χ3n) is 3.52. The van der Waals surface area contributed by atoms with Gasteiger partial charge in [0.05, 0.1) is 25.0 Å². The van der Waals surface area contributed by atoms with Crippen molar-refractivity contribution in [1.82, 2.24) is 4.90 Å². The number of methoxy groups -OCH3 is 1. The van der Waals surface area contributed by atoms with Crippen molar-refractivity contribution in [3.8, 4) is 5.75 Å². The Morgan fingerprint density at radius 1 is 1.48 bits per heavy atom. The van der Waals surface area contributed by atoms with Crippen molar-refractivity contribution in [2.45, 2.75) is 6.42 Å². The van der Waals surface area contributed by atoms with Crippen LogP contribution in [0.3, 0.4) is 0 Å². The second-order valence-corrected chi connectivity index (χ2v) is 5.98. The highest BCUT2D eigenvalue weighted by Crippen LogP contribution is 2.35. The van der Waals surface area contributed by atoms with E-state index in [0.29, 0.717) is 12.0 Å². The van der Waals surface area contributed by atoms with Crippen molar-refractivity contribution in [2.24, 2.45) is 0 Å². The summed E-state index contributed by atoms with van der Waals surface area (Å²) in [6.07, 6.45) is 0.352. The number of rotatable bonds is 8. The average molecular weight is 341 g/mol. The lowest BCUT2D eigenvalue weighted by Gasteiger charge is -2.15. The Morgan fingerprint density at radius 2 is 2.26 bits per heavy atom. The predicted octanol–water partition coefficient (Wildman–Crippen LogP) is 2.06. The smallest absolute Gasteiger partial charge is 0.248 e. The summed E-state index contributed by atoms with van der Waals surface area (Å²) in [6, 6.07) is 3.70. The first-order valence-corrected chi connectivity index (χ1v) is 8.11. The molecule has 1 aromatic heterocycles. The zero-order valence-electron chi connectivity index (χ0n) is 13.2. The Balaban J connectivity index is 1.95. The minimum atomic E-state index is -0.380. The van der Waals surface area contributed by atoms with Gasteiger partial charge in [-0.1, -0.05) is 0 Å². The second-order valence-electron chi connectivity index (χ2n) is 5.06. The van der Waals surface area contributed by atoms with Crippen molar-refractivity contribution in [3.63, 3.8) is 0 Å². The molecule has 23 heavy (non-hydrogen) atoms. The molecule has 1 aromatic carbocycles. The molecule has 0 saturated heterocycles. The van der Waals surface area contributed by atoms with Gasteiger partial charge in [0, 0.05) is 13.6 Å². The van der Waals surface area contributed by atoms with Crippen molar-refractivity contribution in [2.75, 3.05) is 40.5 Å². The highest BCUT2D eigenvalue weighted by atomic mass is 32.1. The molecule has 0 radical (unpaired) electrons. The van der Waals surface area contributed by atoms with Gasteiger partial charge in [-0.2, -0.15) is 0 Å². The first kappa shape index (κ1) is 17.7. The number of likely N-dealkylation sites (N-methyl/N-ethyl adjacent to an activating group) is 1. The first-order chi connectivity index (χ1) is 11.1. The lowest BCUT2D eigenvalue weighted by molar-refractivity contribution is -0.135. The Labute approximate surface area is 138 Å². The van der Waals surface area contributed by atoms with E-state index < -0.39 is 0 Å². The van der Waals surface area contributed by atoms with Crippen molar-refractivity contribution >= 4 is 27.3 Å². The van der Waals surface area contributed by atoms with Crippen LogP contribution in [0, 0.1) is 5.82 Å². The van der Waals surface area contributed by atoms with E-state index in [1.165, 1.54) is 23.3 Å². The fourth-order valence-corrected chi connectivity index (χ4v) is 3.10. The fraction of sp³-hybridized carbons (Fsp3) is 0.438. The quantitative estimate of drug-likeness (QED) is 0.747. The van der Waals surface area contributed by atoms with Crippen LogP contribution < -0.4 is 4.74 Å². The number of carbonyl (C=O) groups is 1. The van der Waals surface area contributed by atoms with Gasteiger partial charge in [-0.05, 0) is 34.9 Å². The van der Waals surface area contributed by atoms with Crippen LogP contribution >= 0.6 is 11.3 Å². The molecule has 0 spiro atoms. The van der Waals surface area contributed by atoms with Crippen molar-refractivity contribution in [1.29, 1.82) is 0 Å². The summed E-state index contributed by atoms with van der Waals surface area (Å²) >= 11 is 1.43. The highest BCUT2D eigenvalue weighted by Gasteiger charge is 2.15. The maximum atomic E-state index is 14.4. The number of ether oxygens (including phenoxy) is 2. The molecule has 2 rings (SSSR count). The van der Waals surface area contributed by atoms with E-state index >= 15 is 0 Å². The number of hydrogen-bond acceptors (Lipinski definition) is 5. The Morgan fingerprint density at radius 3 is 2.96 bits per heavy atom. The van der Waals surface area contributed by atoms with Gasteiger partial charge in [0.1, 0.15) is 6.61 Å². The molecule has 126 valence electrons. The van der Waals surface area contributed by atoms with Crippen molar-refractivity contribution in [3.05, 3.63) is 28.9 Å². The third kappa shape index (κ3) is 4.19. The molecule has 0 bridgehead atoms. The number of nitrogens with zero attached hydrogens (tertiary/aromatic N) is 1. The minimum Gasteiger partial charge on any atom is -0.492 e. The van der Waals surface area contributed by atoms with E-state index in [-0.39, 0.29) is 43.8 Å². The summed E-state index contributed by atoms with van der Waals surface area (Å²) in [4.78, 5) is 13.0. The summed E-state index contributed by atoms with van der Waals surface area (Å²) in [5, 5.41) is 11.6. The van der Waals surface area contributed by atoms with Gasteiger partial charge in [-0.25, -0.2) is 4.39 Å². The number of carbonyl (C=O) groups excluding carboxylic acids is 1. The summed E-state index contributed by atoms with van der Waals surface area (Å²) < 4.78 is 25.7. The van der Waals surface area contributed by atoms with Gasteiger partial charge in [-0.3, -0.25) is 4.79 Å². The predicted molar refractivity (Wildman–Crippen MR) is 87.6 cm³/mol. The van der Waals surface area contributed by atoms with Gasteiger partial charge in [0.25, 0.3) is 0 Å². The molecule has 0 unspecified atom stereocenters. The lowest BCUT2D eigenvalue weighted by atomic mass is 10.1. The van der Waals surface area contributed by atoms with Gasteiger partial charge < -0.3 is 19.5 Å². The molecule has 0 fully saturated rings. The molecule has 1 heterocycles. The summed E-state index contributed by atoms with van der Waals surface area (Å²) in [6.45, 7) is 0.321. The maximum absolute atomic E-state index is 14.4. The molecule has 0 atom stereocenters. The minimum absolute atomic E-state index is 0.0874. The molecular formula is C16H20FNO4S. The average Bonchev–Trinajstić information content (AvgIpc) is 2.99. The van der Waals surface area contributed by atoms with Gasteiger partial charge in [-0.15, -0.1) is 11.3 Å². The highest BCUT2D eigenvalue weighted by molar-refractivity contribution is 7.17. The van der Waals surface area contributed by atoms with Crippen LogP contribution in [0.1, 0.15) is 5.56 Å². The molecule has 0 aliphatic carbocycles. The monoisotopic (exact) mass is 341 g/mol. The maximum Gasteiger partial charge on any atom is 0.248 e. The van der Waals surface area contributed by atoms with Crippen LogP contribution in [0.25, 0.3) is 10.1 Å². The Bertz CT molecular complexity index is 673. The topological polar surface area (TPSA) is 59.0 Å².